The monoisotopic (exact) mass is 308 g/mol. The number of rotatable bonds is 7. The first kappa shape index (κ1) is 17.8. The van der Waals surface area contributed by atoms with Crippen LogP contribution in [0.15, 0.2) is 18.2 Å². The van der Waals surface area contributed by atoms with Crippen molar-refractivity contribution in [1.29, 1.82) is 0 Å². The maximum absolute atomic E-state index is 11.9. The topological polar surface area (TPSA) is 67.9 Å². The molecule has 0 saturated carbocycles. The Kier molecular flexibility index (Phi) is 6.69. The Morgan fingerprint density at radius 1 is 1.23 bits per heavy atom. The number of nitrogens with zero attached hydrogens (tertiary/aromatic N) is 1. The summed E-state index contributed by atoms with van der Waals surface area (Å²) in [6.45, 7) is 5.88. The van der Waals surface area contributed by atoms with Gasteiger partial charge in [0.25, 0.3) is 0 Å². The van der Waals surface area contributed by atoms with Crippen molar-refractivity contribution >= 4 is 17.5 Å². The number of methoxy groups -OCH3 is 2. The molecule has 1 N–H and O–H groups in total. The van der Waals surface area contributed by atoms with E-state index >= 15 is 0 Å². The average molecular weight is 308 g/mol. The molecule has 6 heteroatoms. The summed E-state index contributed by atoms with van der Waals surface area (Å²) in [7, 11) is 3.11. The zero-order valence-electron chi connectivity index (χ0n) is 13.8. The van der Waals surface area contributed by atoms with E-state index in [1.165, 1.54) is 14.0 Å². The van der Waals surface area contributed by atoms with Crippen molar-refractivity contribution in [1.82, 2.24) is 5.32 Å². The highest BCUT2D eigenvalue weighted by Gasteiger charge is 2.17. The average Bonchev–Trinajstić information content (AvgIpc) is 2.50. The predicted octanol–water partition coefficient (Wildman–Crippen LogP) is 1.83. The minimum Gasteiger partial charge on any atom is -0.497 e. The van der Waals surface area contributed by atoms with E-state index in [1.54, 1.807) is 30.2 Å². The Morgan fingerprint density at radius 2 is 1.91 bits per heavy atom. The van der Waals surface area contributed by atoms with Crippen LogP contribution in [0.5, 0.6) is 11.5 Å². The summed E-state index contributed by atoms with van der Waals surface area (Å²) in [4.78, 5) is 25.1. The summed E-state index contributed by atoms with van der Waals surface area (Å²) < 4.78 is 10.5. The molecule has 0 aliphatic carbocycles. The lowest BCUT2D eigenvalue weighted by atomic mass is 10.2. The Balaban J connectivity index is 2.87. The molecule has 22 heavy (non-hydrogen) atoms. The van der Waals surface area contributed by atoms with Crippen LogP contribution >= 0.6 is 0 Å². The first-order valence-corrected chi connectivity index (χ1v) is 7.18. The van der Waals surface area contributed by atoms with Crippen molar-refractivity contribution in [3.05, 3.63) is 18.2 Å². The highest BCUT2D eigenvalue weighted by Crippen LogP contribution is 2.32. The number of amides is 2. The highest BCUT2D eigenvalue weighted by molar-refractivity contribution is 5.93. The fourth-order valence-electron chi connectivity index (χ4n) is 1.95. The largest absolute Gasteiger partial charge is 0.497 e. The van der Waals surface area contributed by atoms with Gasteiger partial charge < -0.3 is 19.7 Å². The molecule has 0 saturated heterocycles. The standard InChI is InChI=1S/C16H24N2O4/c1-11(2)16(20)17-8-9-18(12(3)19)14-7-6-13(21-4)10-15(14)22-5/h6-7,10-11H,8-9H2,1-5H3,(H,17,20). The molecule has 0 spiro atoms. The van der Waals surface area contributed by atoms with Crippen LogP contribution in [0.2, 0.25) is 0 Å². The summed E-state index contributed by atoms with van der Waals surface area (Å²) in [5, 5.41) is 2.80. The van der Waals surface area contributed by atoms with Gasteiger partial charge in [-0.3, -0.25) is 9.59 Å². The quantitative estimate of drug-likeness (QED) is 0.834. The Bertz CT molecular complexity index is 529. The van der Waals surface area contributed by atoms with Crippen molar-refractivity contribution in [2.75, 3.05) is 32.2 Å². The third-order valence-electron chi connectivity index (χ3n) is 3.22. The second-order valence-electron chi connectivity index (χ2n) is 5.15. The van der Waals surface area contributed by atoms with Gasteiger partial charge in [0, 0.05) is 32.0 Å². The lowest BCUT2D eigenvalue weighted by Crippen LogP contribution is -2.39. The summed E-state index contributed by atoms with van der Waals surface area (Å²) in [6.07, 6.45) is 0. The lowest BCUT2D eigenvalue weighted by molar-refractivity contribution is -0.124. The SMILES string of the molecule is COc1ccc(N(CCNC(=O)C(C)C)C(C)=O)c(OC)c1. The van der Waals surface area contributed by atoms with Gasteiger partial charge in [-0.15, -0.1) is 0 Å². The van der Waals surface area contributed by atoms with Crippen LogP contribution in [0.1, 0.15) is 20.8 Å². The molecule has 0 radical (unpaired) electrons. The summed E-state index contributed by atoms with van der Waals surface area (Å²) >= 11 is 0. The molecular weight excluding hydrogens is 284 g/mol. The van der Waals surface area contributed by atoms with Crippen molar-refractivity contribution in [3.63, 3.8) is 0 Å². The molecule has 0 aliphatic rings. The van der Waals surface area contributed by atoms with Crippen LogP contribution in [0, 0.1) is 5.92 Å². The van der Waals surface area contributed by atoms with Gasteiger partial charge in [0.1, 0.15) is 11.5 Å². The van der Waals surface area contributed by atoms with E-state index in [2.05, 4.69) is 5.32 Å². The normalized spacial score (nSPS) is 10.3. The molecule has 0 aliphatic heterocycles. The summed E-state index contributed by atoms with van der Waals surface area (Å²) in [5.74, 6) is 0.954. The zero-order valence-corrected chi connectivity index (χ0v) is 13.8. The van der Waals surface area contributed by atoms with Gasteiger partial charge in [-0.25, -0.2) is 0 Å². The minimum absolute atomic E-state index is 0.0369. The molecule has 1 rings (SSSR count). The second kappa shape index (κ2) is 8.26. The number of hydrogen-bond donors (Lipinski definition) is 1. The van der Waals surface area contributed by atoms with Gasteiger partial charge >= 0.3 is 0 Å². The van der Waals surface area contributed by atoms with E-state index in [0.717, 1.165) is 0 Å². The summed E-state index contributed by atoms with van der Waals surface area (Å²) in [6, 6.07) is 5.25. The molecule has 122 valence electrons. The van der Waals surface area contributed by atoms with E-state index in [-0.39, 0.29) is 17.7 Å². The Morgan fingerprint density at radius 3 is 2.41 bits per heavy atom. The maximum Gasteiger partial charge on any atom is 0.224 e. The number of carbonyl (C=O) groups is 2. The number of benzene rings is 1. The molecule has 0 unspecified atom stereocenters. The molecular formula is C16H24N2O4. The third kappa shape index (κ3) is 4.65. The fourth-order valence-corrected chi connectivity index (χ4v) is 1.95. The fraction of sp³-hybridized carbons (Fsp3) is 0.500. The van der Waals surface area contributed by atoms with Crippen LogP contribution in [-0.2, 0) is 9.59 Å². The third-order valence-corrected chi connectivity index (χ3v) is 3.22. The van der Waals surface area contributed by atoms with Gasteiger partial charge in [-0.2, -0.15) is 0 Å². The smallest absolute Gasteiger partial charge is 0.224 e. The Labute approximate surface area is 131 Å². The number of anilines is 1. The van der Waals surface area contributed by atoms with E-state index in [0.29, 0.717) is 30.3 Å². The molecule has 0 heterocycles. The molecule has 6 nitrogen and oxygen atoms in total. The van der Waals surface area contributed by atoms with Crippen LogP contribution in [0.4, 0.5) is 5.69 Å². The molecule has 1 aromatic rings. The van der Waals surface area contributed by atoms with Crippen LogP contribution in [-0.4, -0.2) is 39.1 Å². The van der Waals surface area contributed by atoms with Crippen molar-refractivity contribution in [2.24, 2.45) is 5.92 Å². The van der Waals surface area contributed by atoms with Crippen LogP contribution < -0.4 is 19.7 Å². The number of hydrogen-bond acceptors (Lipinski definition) is 4. The van der Waals surface area contributed by atoms with Gasteiger partial charge in [-0.05, 0) is 12.1 Å². The van der Waals surface area contributed by atoms with Crippen molar-refractivity contribution < 1.29 is 19.1 Å². The maximum atomic E-state index is 11.9. The first-order valence-electron chi connectivity index (χ1n) is 7.18. The molecule has 1 aromatic carbocycles. The van der Waals surface area contributed by atoms with Gasteiger partial charge in [0.2, 0.25) is 11.8 Å². The first-order chi connectivity index (χ1) is 10.4. The van der Waals surface area contributed by atoms with Gasteiger partial charge in [-0.1, -0.05) is 13.8 Å². The van der Waals surface area contributed by atoms with E-state index < -0.39 is 0 Å². The van der Waals surface area contributed by atoms with Crippen LogP contribution in [0.25, 0.3) is 0 Å². The molecule has 2 amide bonds. The number of ether oxygens (including phenoxy) is 2. The highest BCUT2D eigenvalue weighted by atomic mass is 16.5. The molecule has 0 aromatic heterocycles. The van der Waals surface area contributed by atoms with Crippen LogP contribution in [0.3, 0.4) is 0 Å². The van der Waals surface area contributed by atoms with E-state index in [1.807, 2.05) is 13.8 Å². The zero-order chi connectivity index (χ0) is 16.7. The van der Waals surface area contributed by atoms with Gasteiger partial charge in [0.15, 0.2) is 0 Å². The molecule has 0 bridgehead atoms. The van der Waals surface area contributed by atoms with E-state index in [4.69, 9.17) is 9.47 Å². The Hall–Kier alpha value is -2.24. The minimum atomic E-state index is -0.123. The summed E-state index contributed by atoms with van der Waals surface area (Å²) in [5.41, 5.74) is 0.648. The van der Waals surface area contributed by atoms with E-state index in [9.17, 15) is 9.59 Å². The second-order valence-corrected chi connectivity index (χ2v) is 5.15. The number of nitrogens with one attached hydrogen (secondary N) is 1. The number of carbonyl (C=O) groups excluding carboxylic acids is 2. The molecule has 0 fully saturated rings. The van der Waals surface area contributed by atoms with Crippen molar-refractivity contribution in [3.8, 4) is 11.5 Å². The van der Waals surface area contributed by atoms with Gasteiger partial charge in [0.05, 0.1) is 19.9 Å². The predicted molar refractivity (Wildman–Crippen MR) is 85.4 cm³/mol. The van der Waals surface area contributed by atoms with Crippen molar-refractivity contribution in [2.45, 2.75) is 20.8 Å². The molecule has 0 atom stereocenters. The lowest BCUT2D eigenvalue weighted by Gasteiger charge is -2.24.